The van der Waals surface area contributed by atoms with Gasteiger partial charge in [-0.3, -0.25) is 9.69 Å². The van der Waals surface area contributed by atoms with E-state index in [4.69, 9.17) is 15.5 Å². The van der Waals surface area contributed by atoms with Crippen molar-refractivity contribution in [2.24, 2.45) is 10.7 Å². The number of para-hydroxylation sites is 1. The topological polar surface area (TPSA) is 105 Å². The Morgan fingerprint density at radius 3 is 2.44 bits per heavy atom. The summed E-state index contributed by atoms with van der Waals surface area (Å²) in [6.45, 7) is 0.154. The minimum Gasteiger partial charge on any atom is -0.465 e. The highest BCUT2D eigenvalue weighted by molar-refractivity contribution is 6.20. The van der Waals surface area contributed by atoms with Crippen LogP contribution in [0, 0.1) is 0 Å². The largest absolute Gasteiger partial charge is 0.465 e. The van der Waals surface area contributed by atoms with Gasteiger partial charge in [0.2, 0.25) is 6.17 Å². The molecule has 4 rings (SSSR count). The highest BCUT2D eigenvalue weighted by Gasteiger charge is 2.35. The number of carbonyl (C=O) groups is 3. The van der Waals surface area contributed by atoms with Gasteiger partial charge in [0.15, 0.2) is 0 Å². The van der Waals surface area contributed by atoms with E-state index in [-0.39, 0.29) is 6.54 Å². The lowest BCUT2D eigenvalue weighted by atomic mass is 10.00. The smallest absolute Gasteiger partial charge is 0.337 e. The average Bonchev–Trinajstić information content (AvgIpc) is 2.98. The predicted molar refractivity (Wildman–Crippen MR) is 129 cm³/mol. The summed E-state index contributed by atoms with van der Waals surface area (Å²) in [4.78, 5) is 45.2. The molecule has 3 aromatic rings. The Balaban J connectivity index is 1.86. The molecule has 1 aliphatic heterocycles. The maximum absolute atomic E-state index is 13.8. The molecule has 8 heteroatoms. The second-order valence-corrected chi connectivity index (χ2v) is 7.80. The highest BCUT2D eigenvalue weighted by atomic mass is 16.5. The van der Waals surface area contributed by atoms with E-state index in [1.165, 1.54) is 14.2 Å². The van der Waals surface area contributed by atoms with Crippen LogP contribution < -0.4 is 10.6 Å². The number of rotatable bonds is 5. The molecular weight excluding hydrogens is 432 g/mol. The SMILES string of the molecule is COC(=O)c1cccc(CN2C(=O)C(N(C)C(N)=O)N=C(c3ccccc3)c3ccccc32)c1. The fourth-order valence-electron chi connectivity index (χ4n) is 3.87. The lowest BCUT2D eigenvalue weighted by Crippen LogP contribution is -2.49. The number of benzene rings is 3. The zero-order chi connectivity index (χ0) is 24.2. The number of urea groups is 1. The fourth-order valence-corrected chi connectivity index (χ4v) is 3.87. The zero-order valence-corrected chi connectivity index (χ0v) is 18.8. The summed E-state index contributed by atoms with van der Waals surface area (Å²) in [7, 11) is 2.76. The summed E-state index contributed by atoms with van der Waals surface area (Å²) >= 11 is 0. The van der Waals surface area contributed by atoms with Crippen LogP contribution in [-0.2, 0) is 16.1 Å². The Morgan fingerprint density at radius 2 is 1.74 bits per heavy atom. The Morgan fingerprint density at radius 1 is 1.03 bits per heavy atom. The first-order valence-corrected chi connectivity index (χ1v) is 10.6. The minimum atomic E-state index is -1.16. The number of anilines is 1. The number of amides is 3. The van der Waals surface area contributed by atoms with Gasteiger partial charge in [0.1, 0.15) is 0 Å². The van der Waals surface area contributed by atoms with Crippen molar-refractivity contribution in [3.8, 4) is 0 Å². The van der Waals surface area contributed by atoms with Gasteiger partial charge in [0.05, 0.1) is 30.6 Å². The molecule has 3 amide bonds. The zero-order valence-electron chi connectivity index (χ0n) is 18.8. The Bertz CT molecular complexity index is 1270. The van der Waals surface area contributed by atoms with E-state index in [2.05, 4.69) is 0 Å². The number of nitrogens with zero attached hydrogens (tertiary/aromatic N) is 3. The number of ether oxygens (including phenoxy) is 1. The van der Waals surface area contributed by atoms with E-state index in [0.29, 0.717) is 17.0 Å². The van der Waals surface area contributed by atoms with Crippen molar-refractivity contribution >= 4 is 29.3 Å². The van der Waals surface area contributed by atoms with Gasteiger partial charge in [-0.1, -0.05) is 60.7 Å². The lowest BCUT2D eigenvalue weighted by Gasteiger charge is -2.28. The van der Waals surface area contributed by atoms with Crippen LogP contribution in [0.3, 0.4) is 0 Å². The van der Waals surface area contributed by atoms with Crippen LogP contribution in [0.2, 0.25) is 0 Å². The standard InChI is InChI=1S/C26H24N4O4/c1-29(26(27)33)23-24(31)30(16-17-9-8-12-19(15-17)25(32)34-2)21-14-7-6-13-20(21)22(28-23)18-10-4-3-5-11-18/h3-15,23H,16H2,1-2H3,(H2,27,33). The van der Waals surface area contributed by atoms with Crippen molar-refractivity contribution in [2.45, 2.75) is 12.7 Å². The van der Waals surface area contributed by atoms with Crippen molar-refractivity contribution < 1.29 is 19.1 Å². The first-order valence-electron chi connectivity index (χ1n) is 10.6. The van der Waals surface area contributed by atoms with Crippen LogP contribution in [0.4, 0.5) is 10.5 Å². The van der Waals surface area contributed by atoms with Crippen LogP contribution >= 0.6 is 0 Å². The van der Waals surface area contributed by atoms with E-state index < -0.39 is 24.1 Å². The summed E-state index contributed by atoms with van der Waals surface area (Å²) in [5.74, 6) is -0.881. The number of hydrogen-bond donors (Lipinski definition) is 1. The van der Waals surface area contributed by atoms with Crippen LogP contribution in [0.25, 0.3) is 0 Å². The molecule has 172 valence electrons. The number of carbonyl (C=O) groups excluding carboxylic acids is 3. The van der Waals surface area contributed by atoms with Gasteiger partial charge in [0.25, 0.3) is 5.91 Å². The molecule has 1 aliphatic rings. The molecule has 1 atom stereocenters. The highest BCUT2D eigenvalue weighted by Crippen LogP contribution is 2.30. The quantitative estimate of drug-likeness (QED) is 0.595. The summed E-state index contributed by atoms with van der Waals surface area (Å²) in [5.41, 5.74) is 9.39. The lowest BCUT2D eigenvalue weighted by molar-refractivity contribution is -0.122. The molecule has 0 fully saturated rings. The van der Waals surface area contributed by atoms with Gasteiger partial charge < -0.3 is 15.4 Å². The number of primary amides is 1. The third-order valence-corrected chi connectivity index (χ3v) is 5.64. The molecule has 8 nitrogen and oxygen atoms in total. The number of fused-ring (bicyclic) bond motifs is 1. The van der Waals surface area contributed by atoms with Crippen LogP contribution in [0.15, 0.2) is 83.9 Å². The van der Waals surface area contributed by atoms with Crippen molar-refractivity contribution in [1.82, 2.24) is 4.90 Å². The van der Waals surface area contributed by atoms with Gasteiger partial charge in [-0.2, -0.15) is 0 Å². The Kier molecular flexibility index (Phi) is 6.40. The molecule has 0 aromatic heterocycles. The van der Waals surface area contributed by atoms with Crippen molar-refractivity contribution in [3.63, 3.8) is 0 Å². The first kappa shape index (κ1) is 22.7. The van der Waals surface area contributed by atoms with Crippen molar-refractivity contribution in [2.75, 3.05) is 19.1 Å². The van der Waals surface area contributed by atoms with Gasteiger partial charge in [-0.05, 0) is 23.8 Å². The van der Waals surface area contributed by atoms with Crippen LogP contribution in [0.5, 0.6) is 0 Å². The van der Waals surface area contributed by atoms with Crippen LogP contribution in [0.1, 0.15) is 27.0 Å². The maximum atomic E-state index is 13.8. The van der Waals surface area contributed by atoms with E-state index in [1.54, 1.807) is 23.1 Å². The van der Waals surface area contributed by atoms with Gasteiger partial charge in [-0.25, -0.2) is 14.6 Å². The molecule has 0 spiro atoms. The monoisotopic (exact) mass is 456 g/mol. The molecule has 1 heterocycles. The molecule has 2 N–H and O–H groups in total. The van der Waals surface area contributed by atoms with Gasteiger partial charge in [-0.15, -0.1) is 0 Å². The summed E-state index contributed by atoms with van der Waals surface area (Å²) in [5, 5.41) is 0. The number of methoxy groups -OCH3 is 1. The number of esters is 1. The number of nitrogens with two attached hydrogens (primary N) is 1. The summed E-state index contributed by atoms with van der Waals surface area (Å²) in [6, 6.07) is 23.0. The summed E-state index contributed by atoms with van der Waals surface area (Å²) < 4.78 is 4.82. The number of likely N-dealkylation sites (N-methyl/N-ethyl adjacent to an activating group) is 1. The van der Waals surface area contributed by atoms with E-state index in [1.807, 2.05) is 60.7 Å². The number of hydrogen-bond acceptors (Lipinski definition) is 5. The van der Waals surface area contributed by atoms with Gasteiger partial charge in [0, 0.05) is 18.2 Å². The third kappa shape index (κ3) is 4.38. The van der Waals surface area contributed by atoms with Gasteiger partial charge >= 0.3 is 12.0 Å². The molecule has 0 bridgehead atoms. The number of benzodiazepines with no additional fused rings is 1. The molecule has 0 aliphatic carbocycles. The molecule has 3 aromatic carbocycles. The van der Waals surface area contributed by atoms with Crippen LogP contribution in [-0.4, -0.2) is 48.8 Å². The molecule has 1 unspecified atom stereocenters. The molecule has 0 saturated carbocycles. The molecular formula is C26H24N4O4. The van der Waals surface area contributed by atoms with E-state index in [0.717, 1.165) is 21.6 Å². The Hall–Kier alpha value is -4.46. The second-order valence-electron chi connectivity index (χ2n) is 7.80. The Labute approximate surface area is 197 Å². The third-order valence-electron chi connectivity index (χ3n) is 5.64. The second kappa shape index (κ2) is 9.58. The molecule has 34 heavy (non-hydrogen) atoms. The number of aliphatic imine (C=N–C) groups is 1. The van der Waals surface area contributed by atoms with Crippen molar-refractivity contribution in [3.05, 3.63) is 101 Å². The summed E-state index contributed by atoms with van der Waals surface area (Å²) in [6.07, 6.45) is -1.16. The first-order chi connectivity index (χ1) is 16.4. The molecule has 0 radical (unpaired) electrons. The van der Waals surface area contributed by atoms with Crippen molar-refractivity contribution in [1.29, 1.82) is 0 Å². The predicted octanol–water partition coefficient (Wildman–Crippen LogP) is 3.19. The maximum Gasteiger partial charge on any atom is 0.337 e. The average molecular weight is 457 g/mol. The van der Waals surface area contributed by atoms with E-state index in [9.17, 15) is 14.4 Å². The normalized spacial score (nSPS) is 15.1. The molecule has 0 saturated heterocycles. The van der Waals surface area contributed by atoms with E-state index >= 15 is 0 Å². The minimum absolute atomic E-state index is 0.154. The fraction of sp³-hybridized carbons (Fsp3) is 0.154.